The molecule has 5 atom stereocenters. The van der Waals surface area contributed by atoms with Gasteiger partial charge < -0.3 is 25.2 Å². The quantitative estimate of drug-likeness (QED) is 0.326. The van der Waals surface area contributed by atoms with Crippen LogP contribution in [0.2, 0.25) is 0 Å². The van der Waals surface area contributed by atoms with Crippen LogP contribution in [0.4, 0.5) is 0 Å². The average molecular weight is 164 g/mol. The monoisotopic (exact) mass is 164 g/mol. The minimum atomic E-state index is -1.43. The molecule has 3 unspecified atom stereocenters. The molecule has 11 heavy (non-hydrogen) atoms. The lowest BCUT2D eigenvalue weighted by molar-refractivity contribution is -0.277. The summed E-state index contributed by atoms with van der Waals surface area (Å²) in [5, 5.41) is 36.0. The van der Waals surface area contributed by atoms with Crippen molar-refractivity contribution in [2.75, 3.05) is 0 Å². The van der Waals surface area contributed by atoms with Gasteiger partial charge in [0, 0.05) is 0 Å². The van der Waals surface area contributed by atoms with Crippen LogP contribution in [0.15, 0.2) is 0 Å². The summed E-state index contributed by atoms with van der Waals surface area (Å²) < 4.78 is 4.68. The third-order valence-electron chi connectivity index (χ3n) is 1.83. The van der Waals surface area contributed by atoms with Gasteiger partial charge in [0.1, 0.15) is 18.3 Å². The van der Waals surface area contributed by atoms with E-state index < -0.39 is 30.7 Å². The predicted octanol–water partition coefficient (Wildman–Crippen LogP) is -2.19. The molecule has 0 amide bonds. The van der Waals surface area contributed by atoms with Crippen molar-refractivity contribution in [2.24, 2.45) is 0 Å². The molecule has 5 heteroatoms. The Bertz CT molecular complexity index is 125. The van der Waals surface area contributed by atoms with E-state index >= 15 is 0 Å². The first-order chi connectivity index (χ1) is 5.04. The minimum absolute atomic E-state index is 0.664. The molecule has 1 aliphatic heterocycles. The Labute approximate surface area is 63.8 Å². The van der Waals surface area contributed by atoms with E-state index in [1.54, 1.807) is 0 Å². The Balaban J connectivity index is 2.63. The summed E-state index contributed by atoms with van der Waals surface area (Å²) in [7, 11) is 0. The summed E-state index contributed by atoms with van der Waals surface area (Å²) in [5.41, 5.74) is 0. The van der Waals surface area contributed by atoms with Gasteiger partial charge in [-0.05, 0) is 6.92 Å². The van der Waals surface area contributed by atoms with Crippen molar-refractivity contribution in [3.63, 3.8) is 0 Å². The molecule has 1 heterocycles. The van der Waals surface area contributed by atoms with E-state index in [-0.39, 0.29) is 0 Å². The number of hydrogen-bond acceptors (Lipinski definition) is 5. The molecule has 0 aromatic carbocycles. The molecule has 0 spiro atoms. The van der Waals surface area contributed by atoms with Crippen molar-refractivity contribution in [3.05, 3.63) is 0 Å². The number of aliphatic hydroxyl groups is 4. The summed E-state index contributed by atoms with van der Waals surface area (Å²) in [6.45, 7) is 1.50. The Morgan fingerprint density at radius 1 is 0.909 bits per heavy atom. The van der Waals surface area contributed by atoms with Crippen molar-refractivity contribution in [2.45, 2.75) is 37.6 Å². The van der Waals surface area contributed by atoms with Crippen molar-refractivity contribution in [1.82, 2.24) is 0 Å². The zero-order valence-electron chi connectivity index (χ0n) is 6.08. The second kappa shape index (κ2) is 3.04. The van der Waals surface area contributed by atoms with Crippen LogP contribution in [0.3, 0.4) is 0 Å². The number of aliphatic hydroxyl groups excluding tert-OH is 4. The van der Waals surface area contributed by atoms with Crippen LogP contribution in [0.1, 0.15) is 6.92 Å². The van der Waals surface area contributed by atoms with E-state index in [4.69, 9.17) is 20.4 Å². The minimum Gasteiger partial charge on any atom is -0.388 e. The summed E-state index contributed by atoms with van der Waals surface area (Å²) in [5.74, 6) is 0. The largest absolute Gasteiger partial charge is 0.388 e. The maximum atomic E-state index is 9.09. The lowest BCUT2D eigenvalue weighted by Crippen LogP contribution is -2.56. The van der Waals surface area contributed by atoms with Gasteiger partial charge >= 0.3 is 0 Å². The van der Waals surface area contributed by atoms with Crippen LogP contribution >= 0.6 is 0 Å². The van der Waals surface area contributed by atoms with E-state index in [1.165, 1.54) is 6.92 Å². The molecule has 0 saturated carbocycles. The summed E-state index contributed by atoms with van der Waals surface area (Å²) in [4.78, 5) is 0. The second-order valence-electron chi connectivity index (χ2n) is 2.70. The molecule has 1 fully saturated rings. The molecule has 1 saturated heterocycles. The normalized spacial score (nSPS) is 52.6. The predicted molar refractivity (Wildman–Crippen MR) is 34.6 cm³/mol. The number of rotatable bonds is 0. The zero-order valence-corrected chi connectivity index (χ0v) is 6.08. The van der Waals surface area contributed by atoms with Crippen LogP contribution < -0.4 is 0 Å². The zero-order chi connectivity index (χ0) is 8.59. The lowest BCUT2D eigenvalue weighted by Gasteiger charge is -2.36. The van der Waals surface area contributed by atoms with E-state index in [0.717, 1.165) is 0 Å². The highest BCUT2D eigenvalue weighted by Crippen LogP contribution is 2.18. The molecular formula is C6H12O5. The van der Waals surface area contributed by atoms with E-state index in [2.05, 4.69) is 4.74 Å². The maximum absolute atomic E-state index is 9.09. The van der Waals surface area contributed by atoms with Gasteiger partial charge in [-0.25, -0.2) is 0 Å². The Hall–Kier alpha value is -0.200. The van der Waals surface area contributed by atoms with Gasteiger partial charge in [-0.2, -0.15) is 0 Å². The van der Waals surface area contributed by atoms with Crippen molar-refractivity contribution in [3.8, 4) is 0 Å². The first-order valence-corrected chi connectivity index (χ1v) is 3.41. The Morgan fingerprint density at radius 2 is 1.45 bits per heavy atom. The molecule has 66 valence electrons. The lowest BCUT2D eigenvalue weighted by atomic mass is 10.0. The first kappa shape index (κ1) is 8.89. The SMILES string of the molecule is C[C@H]1OC(O)C(O)C(O)[C@H]1O. The molecule has 5 nitrogen and oxygen atoms in total. The van der Waals surface area contributed by atoms with Gasteiger partial charge in [0.2, 0.25) is 0 Å². The summed E-state index contributed by atoms with van der Waals surface area (Å²) in [6.07, 6.45) is -5.99. The van der Waals surface area contributed by atoms with Crippen LogP contribution in [-0.4, -0.2) is 51.1 Å². The summed E-state index contributed by atoms with van der Waals surface area (Å²) in [6, 6.07) is 0. The highest BCUT2D eigenvalue weighted by Gasteiger charge is 2.40. The molecule has 4 N–H and O–H groups in total. The molecule has 0 aliphatic carbocycles. The van der Waals surface area contributed by atoms with Crippen LogP contribution in [0.25, 0.3) is 0 Å². The standard InChI is InChI=1S/C6H12O5/c1-2-3(7)4(8)5(9)6(10)11-2/h2-10H,1H3/t2-,3+,4?,5?,6?/m1/s1. The molecule has 1 aliphatic rings. The summed E-state index contributed by atoms with van der Waals surface area (Å²) >= 11 is 0. The van der Waals surface area contributed by atoms with Gasteiger partial charge in [-0.15, -0.1) is 0 Å². The maximum Gasteiger partial charge on any atom is 0.183 e. The Kier molecular flexibility index (Phi) is 2.46. The molecular weight excluding hydrogens is 152 g/mol. The fraction of sp³-hybridized carbons (Fsp3) is 1.00. The Morgan fingerprint density at radius 3 is 2.00 bits per heavy atom. The highest BCUT2D eigenvalue weighted by atomic mass is 16.6. The van der Waals surface area contributed by atoms with E-state index in [9.17, 15) is 0 Å². The average Bonchev–Trinajstić information content (AvgIpc) is 1.97. The van der Waals surface area contributed by atoms with Gasteiger partial charge in [0.05, 0.1) is 6.10 Å². The van der Waals surface area contributed by atoms with E-state index in [0.29, 0.717) is 0 Å². The van der Waals surface area contributed by atoms with Crippen molar-refractivity contribution in [1.29, 1.82) is 0 Å². The van der Waals surface area contributed by atoms with Crippen molar-refractivity contribution < 1.29 is 25.2 Å². The third-order valence-corrected chi connectivity index (χ3v) is 1.83. The van der Waals surface area contributed by atoms with Crippen LogP contribution in [0, 0.1) is 0 Å². The molecule has 1 rings (SSSR count). The van der Waals surface area contributed by atoms with Crippen LogP contribution in [-0.2, 0) is 4.74 Å². The van der Waals surface area contributed by atoms with Crippen molar-refractivity contribution >= 4 is 0 Å². The molecule has 0 aromatic rings. The fourth-order valence-corrected chi connectivity index (χ4v) is 1.03. The van der Waals surface area contributed by atoms with Gasteiger partial charge in [0.25, 0.3) is 0 Å². The second-order valence-corrected chi connectivity index (χ2v) is 2.70. The third kappa shape index (κ3) is 1.52. The molecule has 0 aromatic heterocycles. The van der Waals surface area contributed by atoms with Crippen LogP contribution in [0.5, 0.6) is 0 Å². The topological polar surface area (TPSA) is 90.2 Å². The molecule has 0 radical (unpaired) electrons. The number of hydrogen-bond donors (Lipinski definition) is 4. The number of ether oxygens (including phenoxy) is 1. The fourth-order valence-electron chi connectivity index (χ4n) is 1.03. The first-order valence-electron chi connectivity index (χ1n) is 3.41. The smallest absolute Gasteiger partial charge is 0.183 e. The highest BCUT2D eigenvalue weighted by molar-refractivity contribution is 4.86. The van der Waals surface area contributed by atoms with Gasteiger partial charge in [-0.3, -0.25) is 0 Å². The van der Waals surface area contributed by atoms with E-state index in [1.807, 2.05) is 0 Å². The van der Waals surface area contributed by atoms with Gasteiger partial charge in [0.15, 0.2) is 6.29 Å². The van der Waals surface area contributed by atoms with Gasteiger partial charge in [-0.1, -0.05) is 0 Å². The molecule has 0 bridgehead atoms.